The molecule has 0 aromatic carbocycles. The predicted octanol–water partition coefficient (Wildman–Crippen LogP) is 1.98. The molecule has 0 radical (unpaired) electrons. The fourth-order valence-electron chi connectivity index (χ4n) is 4.24. The summed E-state index contributed by atoms with van der Waals surface area (Å²) in [4.78, 5) is 21.6. The Labute approximate surface area is 141 Å². The number of rotatable bonds is 1. The quantitative estimate of drug-likeness (QED) is 0.869. The number of likely N-dealkylation sites (tertiary alicyclic amines) is 2. The summed E-state index contributed by atoms with van der Waals surface area (Å²) in [7, 11) is 4.05. The number of aromatic nitrogens is 3. The zero-order valence-corrected chi connectivity index (χ0v) is 14.5. The average Bonchev–Trinajstić information content (AvgIpc) is 3.10. The number of pyridine rings is 1. The van der Waals surface area contributed by atoms with E-state index in [0.29, 0.717) is 12.1 Å². The molecule has 4 heterocycles. The van der Waals surface area contributed by atoms with Crippen molar-refractivity contribution in [2.75, 3.05) is 25.5 Å². The lowest BCUT2D eigenvalue weighted by atomic mass is 9.98. The van der Waals surface area contributed by atoms with Crippen molar-refractivity contribution in [2.45, 2.75) is 38.3 Å². The van der Waals surface area contributed by atoms with E-state index in [-0.39, 0.29) is 6.03 Å². The van der Waals surface area contributed by atoms with Crippen molar-refractivity contribution in [1.29, 1.82) is 0 Å². The van der Waals surface area contributed by atoms with Crippen LogP contribution in [0.1, 0.15) is 25.0 Å². The summed E-state index contributed by atoms with van der Waals surface area (Å²) in [6, 6.07) is 2.79. The van der Waals surface area contributed by atoms with E-state index in [2.05, 4.69) is 27.3 Å². The first-order chi connectivity index (χ1) is 11.5. The van der Waals surface area contributed by atoms with Crippen molar-refractivity contribution in [2.24, 2.45) is 7.05 Å². The van der Waals surface area contributed by atoms with E-state index in [1.54, 1.807) is 10.9 Å². The second-order valence-corrected chi connectivity index (χ2v) is 6.97. The molecule has 2 fully saturated rings. The molecule has 7 heteroatoms. The number of carbonyl (C=O) groups excluding carboxylic acids is 1. The Morgan fingerprint density at radius 3 is 2.92 bits per heavy atom. The number of aryl methyl sites for hydroxylation is 2. The topological polar surface area (TPSA) is 66.3 Å². The highest BCUT2D eigenvalue weighted by atomic mass is 16.2. The molecule has 0 bridgehead atoms. The molecule has 24 heavy (non-hydrogen) atoms. The van der Waals surface area contributed by atoms with Gasteiger partial charge in [-0.1, -0.05) is 0 Å². The molecule has 2 aliphatic heterocycles. The summed E-state index contributed by atoms with van der Waals surface area (Å²) < 4.78 is 1.76. The largest absolute Gasteiger partial charge is 0.322 e. The lowest BCUT2D eigenvalue weighted by Crippen LogP contribution is -2.50. The zero-order chi connectivity index (χ0) is 16.8. The minimum absolute atomic E-state index is 0.0134. The monoisotopic (exact) mass is 328 g/mol. The Balaban J connectivity index is 1.53. The second-order valence-electron chi connectivity index (χ2n) is 6.97. The van der Waals surface area contributed by atoms with E-state index in [4.69, 9.17) is 0 Å². The van der Waals surface area contributed by atoms with Crippen LogP contribution in [0.15, 0.2) is 12.3 Å². The first-order valence-corrected chi connectivity index (χ1v) is 8.62. The summed E-state index contributed by atoms with van der Waals surface area (Å²) in [5.41, 5.74) is 2.49. The molecule has 2 atom stereocenters. The Hall–Kier alpha value is -2.15. The summed E-state index contributed by atoms with van der Waals surface area (Å²) >= 11 is 0. The van der Waals surface area contributed by atoms with E-state index in [9.17, 15) is 4.79 Å². The maximum atomic E-state index is 12.8. The molecule has 0 saturated carbocycles. The molecule has 2 aromatic heterocycles. The Morgan fingerprint density at radius 1 is 1.25 bits per heavy atom. The SMILES string of the molecule is Cc1nn(C)c2ncc(NC(=O)N3CCC4C3CCCN4C)cc12. The molecule has 7 nitrogen and oxygen atoms in total. The average molecular weight is 328 g/mol. The molecular weight excluding hydrogens is 304 g/mol. The van der Waals surface area contributed by atoms with E-state index in [0.717, 1.165) is 54.8 Å². The van der Waals surface area contributed by atoms with E-state index >= 15 is 0 Å². The van der Waals surface area contributed by atoms with Crippen LogP contribution in [-0.2, 0) is 7.05 Å². The highest BCUT2D eigenvalue weighted by Gasteiger charge is 2.40. The smallest absolute Gasteiger partial charge is 0.320 e. The van der Waals surface area contributed by atoms with Gasteiger partial charge in [-0.05, 0) is 45.8 Å². The van der Waals surface area contributed by atoms with E-state index < -0.39 is 0 Å². The zero-order valence-electron chi connectivity index (χ0n) is 14.5. The van der Waals surface area contributed by atoms with Gasteiger partial charge in [-0.3, -0.25) is 4.68 Å². The highest BCUT2D eigenvalue weighted by Crippen LogP contribution is 2.30. The van der Waals surface area contributed by atoms with Crippen LogP contribution in [0.2, 0.25) is 0 Å². The van der Waals surface area contributed by atoms with Gasteiger partial charge in [0.1, 0.15) is 0 Å². The third-order valence-corrected chi connectivity index (χ3v) is 5.46. The number of fused-ring (bicyclic) bond motifs is 2. The van der Waals surface area contributed by atoms with Crippen LogP contribution in [0.5, 0.6) is 0 Å². The summed E-state index contributed by atoms with van der Waals surface area (Å²) in [5, 5.41) is 8.38. The van der Waals surface area contributed by atoms with Gasteiger partial charge in [0.15, 0.2) is 5.65 Å². The van der Waals surface area contributed by atoms with Crippen molar-refractivity contribution < 1.29 is 4.79 Å². The molecule has 1 N–H and O–H groups in total. The third-order valence-electron chi connectivity index (χ3n) is 5.46. The number of nitrogens with zero attached hydrogens (tertiary/aromatic N) is 5. The molecule has 0 spiro atoms. The second kappa shape index (κ2) is 5.73. The first-order valence-electron chi connectivity index (χ1n) is 8.62. The Kier molecular flexibility index (Phi) is 3.68. The molecule has 2 amide bonds. The molecule has 128 valence electrons. The van der Waals surface area contributed by atoms with Crippen molar-refractivity contribution >= 4 is 22.8 Å². The minimum atomic E-state index is -0.0134. The molecular formula is C17H24N6O. The number of anilines is 1. The minimum Gasteiger partial charge on any atom is -0.320 e. The van der Waals surface area contributed by atoms with Crippen LogP contribution in [0.3, 0.4) is 0 Å². The maximum Gasteiger partial charge on any atom is 0.322 e. The van der Waals surface area contributed by atoms with E-state index in [1.165, 1.54) is 0 Å². The number of hydrogen-bond acceptors (Lipinski definition) is 4. The Bertz CT molecular complexity index is 785. The third kappa shape index (κ3) is 2.43. The first kappa shape index (κ1) is 15.4. The molecule has 4 rings (SSSR count). The van der Waals surface area contributed by atoms with Gasteiger partial charge < -0.3 is 15.1 Å². The number of amides is 2. The Morgan fingerprint density at radius 2 is 2.08 bits per heavy atom. The van der Waals surface area contributed by atoms with Crippen LogP contribution in [-0.4, -0.2) is 62.8 Å². The molecule has 2 aliphatic rings. The van der Waals surface area contributed by atoms with Crippen LogP contribution in [0, 0.1) is 6.92 Å². The predicted molar refractivity (Wildman–Crippen MR) is 93.0 cm³/mol. The van der Waals surface area contributed by atoms with Crippen molar-refractivity contribution in [3.63, 3.8) is 0 Å². The van der Waals surface area contributed by atoms with E-state index in [1.807, 2.05) is 24.9 Å². The number of likely N-dealkylation sites (N-methyl/N-ethyl adjacent to an activating group) is 1. The fraction of sp³-hybridized carbons (Fsp3) is 0.588. The van der Waals surface area contributed by atoms with Crippen molar-refractivity contribution in [1.82, 2.24) is 24.6 Å². The van der Waals surface area contributed by atoms with Gasteiger partial charge in [0.2, 0.25) is 0 Å². The number of hydrogen-bond donors (Lipinski definition) is 1. The number of carbonyl (C=O) groups is 1. The number of urea groups is 1. The van der Waals surface area contributed by atoms with Crippen molar-refractivity contribution in [3.05, 3.63) is 18.0 Å². The lowest BCUT2D eigenvalue weighted by molar-refractivity contribution is 0.129. The molecule has 2 saturated heterocycles. The standard InChI is InChI=1S/C17H24N6O/c1-11-13-9-12(10-18-16(13)22(3)20-11)19-17(24)23-8-6-14-15(23)5-4-7-21(14)2/h9-10,14-15H,4-8H2,1-3H3,(H,19,24). The summed E-state index contributed by atoms with van der Waals surface area (Å²) in [6.45, 7) is 3.92. The van der Waals surface area contributed by atoms with Crippen LogP contribution >= 0.6 is 0 Å². The van der Waals surface area contributed by atoms with Gasteiger partial charge in [-0.15, -0.1) is 0 Å². The number of nitrogens with one attached hydrogen (secondary N) is 1. The van der Waals surface area contributed by atoms with Crippen LogP contribution in [0.25, 0.3) is 11.0 Å². The lowest BCUT2D eigenvalue weighted by Gasteiger charge is -2.37. The number of piperidine rings is 1. The molecule has 2 aromatic rings. The van der Waals surface area contributed by atoms with Crippen molar-refractivity contribution in [3.8, 4) is 0 Å². The van der Waals surface area contributed by atoms with Crippen LogP contribution < -0.4 is 5.32 Å². The van der Waals surface area contributed by atoms with Gasteiger partial charge in [-0.25, -0.2) is 9.78 Å². The van der Waals surface area contributed by atoms with Gasteiger partial charge >= 0.3 is 6.03 Å². The summed E-state index contributed by atoms with van der Waals surface area (Å²) in [6.07, 6.45) is 5.03. The van der Waals surface area contributed by atoms with Gasteiger partial charge in [0, 0.05) is 31.1 Å². The molecule has 2 unspecified atom stereocenters. The fourth-order valence-corrected chi connectivity index (χ4v) is 4.24. The summed E-state index contributed by atoms with van der Waals surface area (Å²) in [5.74, 6) is 0. The van der Waals surface area contributed by atoms with Gasteiger partial charge in [0.25, 0.3) is 0 Å². The molecule has 0 aliphatic carbocycles. The van der Waals surface area contributed by atoms with Gasteiger partial charge in [-0.2, -0.15) is 5.10 Å². The highest BCUT2D eigenvalue weighted by molar-refractivity contribution is 5.92. The van der Waals surface area contributed by atoms with Crippen LogP contribution in [0.4, 0.5) is 10.5 Å². The van der Waals surface area contributed by atoms with Gasteiger partial charge in [0.05, 0.1) is 17.6 Å². The normalized spacial score (nSPS) is 24.4. The maximum absolute atomic E-state index is 12.8.